The Morgan fingerprint density at radius 3 is 2.57 bits per heavy atom. The summed E-state index contributed by atoms with van der Waals surface area (Å²) in [4.78, 5) is 15.6. The molecule has 0 unspecified atom stereocenters. The minimum Gasteiger partial charge on any atom is -0.478 e. The van der Waals surface area contributed by atoms with Crippen molar-refractivity contribution in [3.05, 3.63) is 58.9 Å². The number of benzene rings is 2. The summed E-state index contributed by atoms with van der Waals surface area (Å²) in [6.07, 6.45) is 1.26. The number of rotatable bonds is 4. The topological polar surface area (TPSA) is 87.6 Å². The third kappa shape index (κ3) is 3.41. The number of nitrogens with zero attached hydrogens (tertiary/aromatic N) is 2. The van der Waals surface area contributed by atoms with Crippen molar-refractivity contribution in [2.45, 2.75) is 23.7 Å². The van der Waals surface area contributed by atoms with E-state index in [1.807, 2.05) is 24.3 Å². The van der Waals surface area contributed by atoms with Crippen LogP contribution in [0.15, 0.2) is 47.4 Å². The normalized spacial score (nSPS) is 16.5. The van der Waals surface area contributed by atoms with Gasteiger partial charge in [-0.3, -0.25) is 0 Å². The molecule has 6 nitrogen and oxygen atoms in total. The summed E-state index contributed by atoms with van der Waals surface area (Å²) in [6, 6.07) is 10.8. The van der Waals surface area contributed by atoms with Gasteiger partial charge < -0.3 is 5.11 Å². The average molecular weight is 420 g/mol. The first-order valence-electron chi connectivity index (χ1n) is 8.75. The number of aromatic carboxylic acids is 1. The van der Waals surface area contributed by atoms with Crippen molar-refractivity contribution >= 4 is 37.5 Å². The molecule has 1 fully saturated rings. The molecule has 0 spiro atoms. The summed E-state index contributed by atoms with van der Waals surface area (Å²) in [5, 5.41) is 10.0. The Bertz CT molecular complexity index is 1120. The highest BCUT2D eigenvalue weighted by atomic mass is 32.2. The van der Waals surface area contributed by atoms with Crippen LogP contribution < -0.4 is 0 Å². The number of halogens is 1. The number of piperidine rings is 1. The van der Waals surface area contributed by atoms with E-state index in [0.717, 1.165) is 33.4 Å². The number of carboxylic acid groups (broad SMARTS) is 1. The van der Waals surface area contributed by atoms with Crippen LogP contribution in [0, 0.1) is 5.82 Å². The summed E-state index contributed by atoms with van der Waals surface area (Å²) >= 11 is 1.63. The molecule has 1 N–H and O–H groups in total. The summed E-state index contributed by atoms with van der Waals surface area (Å²) in [5.41, 5.74) is 0.301. The van der Waals surface area contributed by atoms with Crippen molar-refractivity contribution in [1.29, 1.82) is 0 Å². The number of carboxylic acids is 1. The zero-order valence-corrected chi connectivity index (χ0v) is 16.3. The van der Waals surface area contributed by atoms with Gasteiger partial charge in [0.25, 0.3) is 0 Å². The van der Waals surface area contributed by atoms with Crippen LogP contribution in [0.4, 0.5) is 4.39 Å². The van der Waals surface area contributed by atoms with Crippen LogP contribution in [0.25, 0.3) is 10.2 Å². The second kappa shape index (κ2) is 7.23. The molecule has 28 heavy (non-hydrogen) atoms. The number of aromatic nitrogens is 1. The van der Waals surface area contributed by atoms with Crippen molar-refractivity contribution in [1.82, 2.24) is 9.29 Å². The zero-order valence-electron chi connectivity index (χ0n) is 14.7. The fraction of sp³-hybridized carbons (Fsp3) is 0.263. The van der Waals surface area contributed by atoms with Gasteiger partial charge in [-0.2, -0.15) is 4.31 Å². The molecule has 0 bridgehead atoms. The number of hydrogen-bond acceptors (Lipinski definition) is 5. The number of hydrogen-bond donors (Lipinski definition) is 1. The smallest absolute Gasteiger partial charge is 0.338 e. The largest absolute Gasteiger partial charge is 0.478 e. The molecule has 1 aliphatic rings. The van der Waals surface area contributed by atoms with Crippen LogP contribution >= 0.6 is 11.3 Å². The van der Waals surface area contributed by atoms with Gasteiger partial charge in [0, 0.05) is 19.0 Å². The molecule has 0 saturated carbocycles. The zero-order chi connectivity index (χ0) is 19.9. The van der Waals surface area contributed by atoms with Gasteiger partial charge in [0.1, 0.15) is 5.82 Å². The lowest BCUT2D eigenvalue weighted by Crippen LogP contribution is -2.38. The maximum absolute atomic E-state index is 13.6. The Morgan fingerprint density at radius 1 is 1.18 bits per heavy atom. The van der Waals surface area contributed by atoms with Crippen LogP contribution in [0.5, 0.6) is 0 Å². The van der Waals surface area contributed by atoms with Crippen molar-refractivity contribution in [2.24, 2.45) is 0 Å². The van der Waals surface area contributed by atoms with E-state index in [-0.39, 0.29) is 10.8 Å². The molecule has 1 aliphatic heterocycles. The number of para-hydroxylation sites is 1. The summed E-state index contributed by atoms with van der Waals surface area (Å²) in [5.74, 6) is -2.27. The molecule has 0 atom stereocenters. The molecule has 0 radical (unpaired) electrons. The Hall–Kier alpha value is -2.36. The second-order valence-corrected chi connectivity index (χ2v) is 9.65. The first-order chi connectivity index (χ1) is 13.4. The number of carbonyl (C=O) groups is 1. The van der Waals surface area contributed by atoms with Crippen molar-refractivity contribution in [3.8, 4) is 0 Å². The number of fused-ring (bicyclic) bond motifs is 1. The Morgan fingerprint density at radius 2 is 1.89 bits per heavy atom. The minimum absolute atomic E-state index is 0.187. The molecule has 0 amide bonds. The van der Waals surface area contributed by atoms with E-state index in [4.69, 9.17) is 5.11 Å². The van der Waals surface area contributed by atoms with Gasteiger partial charge in [-0.05, 0) is 43.2 Å². The molecular formula is C19H17FN2O4S2. The van der Waals surface area contributed by atoms with Gasteiger partial charge in [-0.1, -0.05) is 12.1 Å². The lowest BCUT2D eigenvalue weighted by atomic mass is 9.99. The molecule has 1 saturated heterocycles. The molecule has 2 aromatic carbocycles. The summed E-state index contributed by atoms with van der Waals surface area (Å²) in [7, 11) is -3.88. The molecule has 2 heterocycles. The molecule has 3 aromatic rings. The molecule has 146 valence electrons. The van der Waals surface area contributed by atoms with E-state index in [1.54, 1.807) is 11.3 Å². The predicted molar refractivity (Wildman–Crippen MR) is 104 cm³/mol. The van der Waals surface area contributed by atoms with Crippen molar-refractivity contribution in [2.75, 3.05) is 13.1 Å². The van der Waals surface area contributed by atoms with Gasteiger partial charge in [-0.25, -0.2) is 22.6 Å². The summed E-state index contributed by atoms with van der Waals surface area (Å²) < 4.78 is 41.7. The van der Waals surface area contributed by atoms with Crippen LogP contribution in [0.3, 0.4) is 0 Å². The monoisotopic (exact) mass is 420 g/mol. The van der Waals surface area contributed by atoms with Crippen molar-refractivity contribution < 1.29 is 22.7 Å². The third-order valence-electron chi connectivity index (χ3n) is 4.92. The summed E-state index contributed by atoms with van der Waals surface area (Å²) in [6.45, 7) is 0.616. The van der Waals surface area contributed by atoms with Gasteiger partial charge in [0.05, 0.1) is 25.7 Å². The third-order valence-corrected chi connectivity index (χ3v) is 8.01. The van der Waals surface area contributed by atoms with Crippen LogP contribution in [-0.4, -0.2) is 41.9 Å². The van der Waals surface area contributed by atoms with Crippen LogP contribution in [0.1, 0.15) is 34.1 Å². The van der Waals surface area contributed by atoms with Gasteiger partial charge in [-0.15, -0.1) is 11.3 Å². The lowest BCUT2D eigenvalue weighted by molar-refractivity contribution is 0.0691. The van der Waals surface area contributed by atoms with Gasteiger partial charge in [0.15, 0.2) is 0 Å². The lowest BCUT2D eigenvalue weighted by Gasteiger charge is -2.30. The highest BCUT2D eigenvalue weighted by Crippen LogP contribution is 2.35. The minimum atomic E-state index is -3.88. The van der Waals surface area contributed by atoms with Crippen LogP contribution in [0.2, 0.25) is 0 Å². The highest BCUT2D eigenvalue weighted by molar-refractivity contribution is 7.89. The van der Waals surface area contributed by atoms with E-state index in [2.05, 4.69) is 4.98 Å². The second-order valence-electron chi connectivity index (χ2n) is 6.64. The maximum atomic E-state index is 13.6. The van der Waals surface area contributed by atoms with Gasteiger partial charge >= 0.3 is 5.97 Å². The fourth-order valence-corrected chi connectivity index (χ4v) is 6.02. The quantitative estimate of drug-likeness (QED) is 0.695. The van der Waals surface area contributed by atoms with Crippen molar-refractivity contribution in [3.63, 3.8) is 0 Å². The number of thiazole rings is 1. The molecule has 9 heteroatoms. The Balaban J connectivity index is 1.52. The SMILES string of the molecule is O=C(O)c1cc(S(=O)(=O)N2CCC(c3nc4ccccc4s3)CC2)ccc1F. The predicted octanol–water partition coefficient (Wildman–Crippen LogP) is 3.70. The van der Waals surface area contributed by atoms with E-state index in [9.17, 15) is 17.6 Å². The van der Waals surface area contributed by atoms with E-state index >= 15 is 0 Å². The first-order valence-corrected chi connectivity index (χ1v) is 11.0. The first kappa shape index (κ1) is 19.0. The standard InChI is InChI=1S/C19H17FN2O4S2/c20-15-6-5-13(11-14(15)19(23)24)28(25,26)22-9-7-12(8-10-22)18-21-16-3-1-2-4-17(16)27-18/h1-6,11-12H,7-10H2,(H,23,24). The Kier molecular flexibility index (Phi) is 4.90. The van der Waals surface area contributed by atoms with E-state index < -0.39 is 27.4 Å². The fourth-order valence-electron chi connectivity index (χ4n) is 3.39. The average Bonchev–Trinajstić information content (AvgIpc) is 3.12. The van der Waals surface area contributed by atoms with E-state index in [1.165, 1.54) is 4.31 Å². The number of sulfonamides is 1. The van der Waals surface area contributed by atoms with Gasteiger partial charge in [0.2, 0.25) is 10.0 Å². The molecular weight excluding hydrogens is 403 g/mol. The molecule has 1 aromatic heterocycles. The molecule has 0 aliphatic carbocycles. The maximum Gasteiger partial charge on any atom is 0.338 e. The van der Waals surface area contributed by atoms with Crippen LogP contribution in [-0.2, 0) is 10.0 Å². The molecule has 4 rings (SSSR count). The highest BCUT2D eigenvalue weighted by Gasteiger charge is 2.32. The van der Waals surface area contributed by atoms with E-state index in [0.29, 0.717) is 25.9 Å². The Labute approximate surface area is 165 Å².